The number of halogens is 3. The van der Waals surface area contributed by atoms with E-state index in [0.717, 1.165) is 11.1 Å². The number of piperazine rings is 1. The lowest BCUT2D eigenvalue weighted by molar-refractivity contribution is -0.117. The highest BCUT2D eigenvalue weighted by Gasteiger charge is 2.37. The predicted molar refractivity (Wildman–Crippen MR) is 116 cm³/mol. The van der Waals surface area contributed by atoms with Gasteiger partial charge in [-0.1, -0.05) is 45.3 Å². The number of carbonyl (C=O) groups is 1. The summed E-state index contributed by atoms with van der Waals surface area (Å²) >= 11 is 0. The second-order valence-electron chi connectivity index (χ2n) is 7.31. The Balaban J connectivity index is 1.90. The van der Waals surface area contributed by atoms with Gasteiger partial charge in [-0.15, -0.1) is 0 Å². The van der Waals surface area contributed by atoms with Crippen molar-refractivity contribution in [2.24, 2.45) is 0 Å². The zero-order valence-corrected chi connectivity index (χ0v) is 18.2. The summed E-state index contributed by atoms with van der Waals surface area (Å²) in [5.41, 5.74) is 1.58. The molecule has 0 N–H and O–H groups in total. The average Bonchev–Trinajstić information content (AvgIpc) is 2.69. The van der Waals surface area contributed by atoms with Crippen LogP contribution in [0.2, 0.25) is 0 Å². The van der Waals surface area contributed by atoms with Crippen molar-refractivity contribution < 1.29 is 18.0 Å². The van der Waals surface area contributed by atoms with Crippen molar-refractivity contribution >= 4 is 14.4 Å². The van der Waals surface area contributed by atoms with Gasteiger partial charge in [-0.25, -0.2) is 0 Å². The Morgan fingerprint density at radius 2 is 1.90 bits per heavy atom. The Labute approximate surface area is 173 Å². The summed E-state index contributed by atoms with van der Waals surface area (Å²) in [5, 5.41) is 0. The number of carbonyl (C=O) groups excluding carboxylic acids is 1. The summed E-state index contributed by atoms with van der Waals surface area (Å²) in [6, 6.07) is 0. The lowest BCUT2D eigenvalue weighted by atomic mass is 10.0. The van der Waals surface area contributed by atoms with Crippen LogP contribution in [0.5, 0.6) is 0 Å². The fourth-order valence-corrected chi connectivity index (χ4v) is 4.41. The van der Waals surface area contributed by atoms with Gasteiger partial charge in [0, 0.05) is 38.3 Å². The number of alkyl halides is 3. The zero-order chi connectivity index (χ0) is 21.4. The van der Waals surface area contributed by atoms with Crippen LogP contribution in [-0.2, 0) is 4.79 Å². The Hall–Kier alpha value is -1.49. The Bertz CT molecular complexity index is 727. The van der Waals surface area contributed by atoms with Crippen LogP contribution in [0.3, 0.4) is 0 Å². The van der Waals surface area contributed by atoms with Gasteiger partial charge in [-0.3, -0.25) is 14.6 Å². The molecule has 0 aromatic rings. The number of hydrogen-bond acceptors (Lipinski definition) is 3. The van der Waals surface area contributed by atoms with Crippen LogP contribution in [0.25, 0.3) is 0 Å². The van der Waals surface area contributed by atoms with Crippen LogP contribution in [0, 0.1) is 0 Å². The van der Waals surface area contributed by atoms with Gasteiger partial charge in [0.2, 0.25) is 0 Å². The van der Waals surface area contributed by atoms with E-state index in [0.29, 0.717) is 66.0 Å². The van der Waals surface area contributed by atoms with E-state index in [1.54, 1.807) is 11.9 Å². The molecule has 0 saturated carbocycles. The van der Waals surface area contributed by atoms with Crippen LogP contribution in [0.15, 0.2) is 59.0 Å². The maximum absolute atomic E-state index is 13.2. The summed E-state index contributed by atoms with van der Waals surface area (Å²) < 4.78 is 39.7. The molecular weight excluding hydrogens is 396 g/mol. The van der Waals surface area contributed by atoms with E-state index < -0.39 is 11.7 Å². The molecule has 0 radical (unpaired) electrons. The van der Waals surface area contributed by atoms with Crippen molar-refractivity contribution in [2.45, 2.75) is 26.4 Å². The highest BCUT2D eigenvalue weighted by atomic mass is 31.1. The molecule has 2 heterocycles. The summed E-state index contributed by atoms with van der Waals surface area (Å²) in [6.07, 6.45) is 3.69. The van der Waals surface area contributed by atoms with Crippen molar-refractivity contribution in [3.05, 3.63) is 59.0 Å². The number of hydrogen-bond donors (Lipinski definition) is 0. The van der Waals surface area contributed by atoms with E-state index in [4.69, 9.17) is 0 Å². The van der Waals surface area contributed by atoms with E-state index in [-0.39, 0.29) is 5.78 Å². The van der Waals surface area contributed by atoms with E-state index in [2.05, 4.69) is 11.5 Å². The van der Waals surface area contributed by atoms with Crippen LogP contribution < -0.4 is 0 Å². The zero-order valence-electron chi connectivity index (χ0n) is 17.2. The molecule has 1 saturated heterocycles. The standard InChI is InChI=1S/C22H30F3N2OP/c1-4-6-7-19(17(3)5-2)21(28)15-27-11-9-26(10-12-27)14-18-16-29-13-8-20(18)22(23,24)25/h4-6,8,16,29H,2,7,9-15H2,1,3H3/b6-4-,19-17+. The molecule has 0 bridgehead atoms. The number of Topliss-reactive ketones (excluding diaryl/α,β-unsaturated/α-hetero) is 1. The summed E-state index contributed by atoms with van der Waals surface area (Å²) in [5.74, 6) is 1.84. The summed E-state index contributed by atoms with van der Waals surface area (Å²) in [7, 11) is 0.415. The molecule has 1 unspecified atom stereocenters. The minimum absolute atomic E-state index is 0.0902. The van der Waals surface area contributed by atoms with Crippen molar-refractivity contribution in [2.75, 3.05) is 45.4 Å². The number of allylic oxidation sites excluding steroid dienone is 5. The number of ketones is 1. The molecule has 0 aliphatic carbocycles. The van der Waals surface area contributed by atoms with Crippen LogP contribution in [0.4, 0.5) is 13.2 Å². The molecule has 0 amide bonds. The lowest BCUT2D eigenvalue weighted by Crippen LogP contribution is -2.48. The van der Waals surface area contributed by atoms with E-state index in [1.807, 2.05) is 30.9 Å². The van der Waals surface area contributed by atoms with E-state index in [1.165, 1.54) is 6.08 Å². The van der Waals surface area contributed by atoms with Crippen molar-refractivity contribution in [3.8, 4) is 0 Å². The second-order valence-corrected chi connectivity index (χ2v) is 8.41. The van der Waals surface area contributed by atoms with Crippen LogP contribution in [0.1, 0.15) is 20.3 Å². The molecule has 0 aromatic heterocycles. The highest BCUT2D eigenvalue weighted by molar-refractivity contribution is 7.42. The topological polar surface area (TPSA) is 23.6 Å². The van der Waals surface area contributed by atoms with E-state index in [9.17, 15) is 18.0 Å². The fraction of sp³-hybridized carbons (Fsp3) is 0.500. The third kappa shape index (κ3) is 7.06. The lowest BCUT2D eigenvalue weighted by Gasteiger charge is -2.35. The minimum Gasteiger partial charge on any atom is -0.297 e. The molecular formula is C22H30F3N2OP. The number of rotatable bonds is 8. The molecule has 160 valence electrons. The first-order valence-electron chi connectivity index (χ1n) is 9.87. The maximum Gasteiger partial charge on any atom is 0.416 e. The quantitative estimate of drug-likeness (QED) is 0.243. The molecule has 1 fully saturated rings. The van der Waals surface area contributed by atoms with Crippen molar-refractivity contribution in [1.82, 2.24) is 9.80 Å². The smallest absolute Gasteiger partial charge is 0.297 e. The molecule has 2 aliphatic heterocycles. The van der Waals surface area contributed by atoms with Gasteiger partial charge >= 0.3 is 6.18 Å². The molecule has 29 heavy (non-hydrogen) atoms. The Kier molecular flexibility index (Phi) is 9.06. The monoisotopic (exact) mass is 426 g/mol. The minimum atomic E-state index is -4.29. The molecule has 7 heteroatoms. The molecule has 0 spiro atoms. The fourth-order valence-electron chi connectivity index (χ4n) is 3.48. The van der Waals surface area contributed by atoms with Crippen molar-refractivity contribution in [1.29, 1.82) is 0 Å². The number of nitrogens with zero attached hydrogens (tertiary/aromatic N) is 2. The van der Waals surface area contributed by atoms with Gasteiger partial charge in [0.1, 0.15) is 0 Å². The third-order valence-electron chi connectivity index (χ3n) is 5.25. The van der Waals surface area contributed by atoms with Crippen LogP contribution in [-0.4, -0.2) is 67.2 Å². The summed E-state index contributed by atoms with van der Waals surface area (Å²) in [6.45, 7) is 10.9. The third-order valence-corrected chi connectivity index (χ3v) is 6.25. The first kappa shape index (κ1) is 23.8. The van der Waals surface area contributed by atoms with Gasteiger partial charge in [0.05, 0.1) is 12.1 Å². The highest BCUT2D eigenvalue weighted by Crippen LogP contribution is 2.37. The average molecular weight is 426 g/mol. The summed E-state index contributed by atoms with van der Waals surface area (Å²) in [4.78, 5) is 16.9. The van der Waals surface area contributed by atoms with E-state index >= 15 is 0 Å². The van der Waals surface area contributed by atoms with Crippen molar-refractivity contribution in [3.63, 3.8) is 0 Å². The maximum atomic E-state index is 13.2. The Morgan fingerprint density at radius 3 is 2.48 bits per heavy atom. The molecule has 3 nitrogen and oxygen atoms in total. The van der Waals surface area contributed by atoms with Crippen LogP contribution >= 0.6 is 8.58 Å². The van der Waals surface area contributed by atoms with Gasteiger partial charge in [-0.05, 0) is 37.6 Å². The largest absolute Gasteiger partial charge is 0.416 e. The first-order chi connectivity index (χ1) is 13.8. The molecule has 2 rings (SSSR count). The predicted octanol–water partition coefficient (Wildman–Crippen LogP) is 4.71. The van der Waals surface area contributed by atoms with Gasteiger partial charge in [-0.2, -0.15) is 13.2 Å². The van der Waals surface area contributed by atoms with Gasteiger partial charge in [0.15, 0.2) is 5.78 Å². The van der Waals surface area contributed by atoms with Gasteiger partial charge in [0.25, 0.3) is 0 Å². The SMILES string of the molecule is C=C/C(C)=C(\C/C=C\C)C(=O)CN1CCN(CC2=CPCC=C2C(F)(F)F)CC1. The van der Waals surface area contributed by atoms with Gasteiger partial charge < -0.3 is 0 Å². The molecule has 0 aromatic carbocycles. The molecule has 1 atom stereocenters. The normalized spacial score (nSPS) is 21.1. The molecule has 2 aliphatic rings. The second kappa shape index (κ2) is 11.1. The first-order valence-corrected chi connectivity index (χ1v) is 11.2. The Morgan fingerprint density at radius 1 is 1.24 bits per heavy atom.